The summed E-state index contributed by atoms with van der Waals surface area (Å²) in [6.07, 6.45) is 2.60. The van der Waals surface area contributed by atoms with E-state index in [1.165, 1.54) is 18.4 Å². The normalized spacial score (nSPS) is 24.2. The Kier molecular flexibility index (Phi) is 11.0. The molecule has 128 valence electrons. The van der Waals surface area contributed by atoms with Crippen molar-refractivity contribution in [2.45, 2.75) is 31.4 Å². The second kappa shape index (κ2) is 11.2. The van der Waals surface area contributed by atoms with Crippen LogP contribution in [0.4, 0.5) is 0 Å². The van der Waals surface area contributed by atoms with Gasteiger partial charge in [-0.15, -0.1) is 0 Å². The number of unbranched alkanes of at least 4 members (excludes halogenated alkanes) is 1. The van der Waals surface area contributed by atoms with Gasteiger partial charge in [-0.3, -0.25) is 0 Å². The van der Waals surface area contributed by atoms with Gasteiger partial charge in [0, 0.05) is 0 Å². The van der Waals surface area contributed by atoms with Gasteiger partial charge in [-0.25, -0.2) is 0 Å². The highest BCUT2D eigenvalue weighted by atomic mass is 35.5. The smallest absolute Gasteiger partial charge is 0.192 e. The number of benzene rings is 1. The van der Waals surface area contributed by atoms with Crippen molar-refractivity contribution in [3.8, 4) is 0 Å². The summed E-state index contributed by atoms with van der Waals surface area (Å²) in [5, 5.41) is 14.3. The number of morpholine rings is 1. The molecule has 2 unspecified atom stereocenters. The molecule has 0 bridgehead atoms. The number of ether oxygens (including phenoxy) is 1. The lowest BCUT2D eigenvalue weighted by Gasteiger charge is -2.35. The lowest BCUT2D eigenvalue weighted by molar-refractivity contribution is -0.797. The maximum atomic E-state index is 9.72. The Balaban J connectivity index is 0.00000220. The van der Waals surface area contributed by atoms with E-state index in [1.807, 2.05) is 18.2 Å². The highest BCUT2D eigenvalue weighted by Crippen LogP contribution is 2.19. The predicted molar refractivity (Wildman–Crippen MR) is 78.3 cm³/mol. The maximum absolute atomic E-state index is 9.72. The van der Waals surface area contributed by atoms with Crippen molar-refractivity contribution in [1.82, 2.24) is 0 Å². The van der Waals surface area contributed by atoms with E-state index in [0.29, 0.717) is 6.61 Å². The molecule has 0 saturated carbocycles. The van der Waals surface area contributed by atoms with E-state index in [0.717, 1.165) is 19.6 Å². The summed E-state index contributed by atoms with van der Waals surface area (Å²) < 4.78 is 6.02. The Bertz CT molecular complexity index is 385. The van der Waals surface area contributed by atoms with Gasteiger partial charge in [-0.1, -0.05) is 43.7 Å². The van der Waals surface area contributed by atoms with Gasteiger partial charge in [0.05, 0.1) is 6.54 Å². The van der Waals surface area contributed by atoms with E-state index in [-0.39, 0.29) is 43.1 Å². The molecule has 1 aromatic carbocycles. The average Bonchev–Trinajstić information content (AvgIpc) is 2.53. The van der Waals surface area contributed by atoms with Crippen molar-refractivity contribution < 1.29 is 45.3 Å². The Morgan fingerprint density at radius 2 is 2.05 bits per heavy atom. The van der Waals surface area contributed by atoms with Crippen LogP contribution in [0, 0.1) is 0 Å². The van der Waals surface area contributed by atoms with Gasteiger partial charge < -0.3 is 45.3 Å². The van der Waals surface area contributed by atoms with Crippen molar-refractivity contribution in [2.75, 3.05) is 32.8 Å². The number of nitrogens with two attached hydrogens (primary N) is 2. The lowest BCUT2D eigenvalue weighted by atomic mass is 9.97. The average molecular weight is 351 g/mol. The molecule has 1 saturated heterocycles. The number of halogens is 2. The monoisotopic (exact) mass is 350 g/mol. The van der Waals surface area contributed by atoms with Crippen molar-refractivity contribution >= 4 is 0 Å². The molecule has 1 aromatic rings. The van der Waals surface area contributed by atoms with Crippen LogP contribution in [0.1, 0.15) is 31.4 Å². The summed E-state index contributed by atoms with van der Waals surface area (Å²) >= 11 is 0. The third kappa shape index (κ3) is 6.03. The van der Waals surface area contributed by atoms with Crippen LogP contribution in [-0.2, 0) is 4.74 Å². The van der Waals surface area contributed by atoms with Crippen molar-refractivity contribution in [1.29, 1.82) is 0 Å². The second-order valence-electron chi connectivity index (χ2n) is 5.81. The van der Waals surface area contributed by atoms with Crippen LogP contribution in [0.2, 0.25) is 0 Å². The fourth-order valence-electron chi connectivity index (χ4n) is 2.71. The van der Waals surface area contributed by atoms with Gasteiger partial charge in [0.15, 0.2) is 5.54 Å². The van der Waals surface area contributed by atoms with E-state index in [2.05, 4.69) is 29.7 Å². The van der Waals surface area contributed by atoms with Gasteiger partial charge in [-0.2, -0.15) is 0 Å². The van der Waals surface area contributed by atoms with Gasteiger partial charge >= 0.3 is 0 Å². The highest BCUT2D eigenvalue weighted by Gasteiger charge is 2.41. The van der Waals surface area contributed by atoms with Crippen LogP contribution in [0.3, 0.4) is 0 Å². The molecule has 0 spiro atoms. The molecule has 22 heavy (non-hydrogen) atoms. The first-order valence-corrected chi connectivity index (χ1v) is 7.73. The number of hydrogen-bond acceptors (Lipinski definition) is 2. The van der Waals surface area contributed by atoms with E-state index in [9.17, 15) is 5.11 Å². The van der Waals surface area contributed by atoms with Crippen LogP contribution < -0.4 is 35.4 Å². The van der Waals surface area contributed by atoms with Crippen LogP contribution in [0.5, 0.6) is 0 Å². The molecule has 0 aromatic heterocycles. The SMILES string of the molecule is CCCC[NH2+]CC1(CO)COC(c2ccccc2)C[NH2+]1.[Cl-].[Cl-]. The number of quaternary nitrogens is 2. The summed E-state index contributed by atoms with van der Waals surface area (Å²) in [4.78, 5) is 0. The standard InChI is InChI=1S/C16H26N2O2.2ClH/c1-2-3-9-17-11-16(12-19)13-20-15(10-18-16)14-7-5-4-6-8-14;;/h4-8,15,17-19H,2-3,9-13H2,1H3;2*1H. The zero-order valence-corrected chi connectivity index (χ0v) is 14.7. The Hall–Kier alpha value is -0.360. The van der Waals surface area contributed by atoms with Gasteiger partial charge in [0.2, 0.25) is 0 Å². The zero-order valence-electron chi connectivity index (χ0n) is 13.2. The predicted octanol–water partition coefficient (Wildman–Crippen LogP) is -6.58. The molecule has 2 atom stereocenters. The summed E-state index contributed by atoms with van der Waals surface area (Å²) in [7, 11) is 0. The van der Waals surface area contributed by atoms with Gasteiger partial charge in [0.1, 0.15) is 32.4 Å². The first kappa shape index (κ1) is 21.6. The van der Waals surface area contributed by atoms with Crippen molar-refractivity contribution in [3.63, 3.8) is 0 Å². The molecule has 0 aliphatic carbocycles. The molecule has 1 heterocycles. The Morgan fingerprint density at radius 1 is 1.32 bits per heavy atom. The lowest BCUT2D eigenvalue weighted by Crippen LogP contribution is -3.08. The van der Waals surface area contributed by atoms with Crippen LogP contribution in [-0.4, -0.2) is 43.5 Å². The molecule has 0 radical (unpaired) electrons. The molecular weight excluding hydrogens is 323 g/mol. The number of rotatable bonds is 7. The minimum Gasteiger partial charge on any atom is -1.00 e. The minimum atomic E-state index is -0.168. The van der Waals surface area contributed by atoms with Crippen LogP contribution in [0.15, 0.2) is 30.3 Å². The van der Waals surface area contributed by atoms with E-state index in [1.54, 1.807) is 0 Å². The van der Waals surface area contributed by atoms with E-state index in [4.69, 9.17) is 4.74 Å². The first-order chi connectivity index (χ1) is 9.79. The molecule has 4 nitrogen and oxygen atoms in total. The summed E-state index contributed by atoms with van der Waals surface area (Å²) in [5.41, 5.74) is 1.06. The third-order valence-electron chi connectivity index (χ3n) is 4.14. The molecule has 2 rings (SSSR count). The Labute approximate surface area is 145 Å². The van der Waals surface area contributed by atoms with Crippen molar-refractivity contribution in [2.24, 2.45) is 0 Å². The molecule has 1 aliphatic rings. The maximum Gasteiger partial charge on any atom is 0.192 e. The summed E-state index contributed by atoms with van der Waals surface area (Å²) in [6.45, 7) is 5.93. The van der Waals surface area contributed by atoms with Crippen LogP contribution >= 0.6 is 0 Å². The Morgan fingerprint density at radius 3 is 2.59 bits per heavy atom. The van der Waals surface area contributed by atoms with Crippen molar-refractivity contribution in [3.05, 3.63) is 35.9 Å². The molecule has 1 aliphatic heterocycles. The number of aliphatic hydroxyl groups is 1. The highest BCUT2D eigenvalue weighted by molar-refractivity contribution is 5.17. The summed E-state index contributed by atoms with van der Waals surface area (Å²) in [5.74, 6) is 0. The van der Waals surface area contributed by atoms with Gasteiger partial charge in [-0.05, 0) is 12.0 Å². The topological polar surface area (TPSA) is 62.7 Å². The molecular formula is C16H28Cl2N2O2. The largest absolute Gasteiger partial charge is 1.00 e. The fourth-order valence-corrected chi connectivity index (χ4v) is 2.71. The zero-order chi connectivity index (χ0) is 14.3. The number of hydrogen-bond donors (Lipinski definition) is 3. The van der Waals surface area contributed by atoms with Crippen LogP contribution in [0.25, 0.3) is 0 Å². The third-order valence-corrected chi connectivity index (χ3v) is 4.14. The molecule has 5 N–H and O–H groups in total. The molecule has 6 heteroatoms. The van der Waals surface area contributed by atoms with E-state index >= 15 is 0 Å². The molecule has 1 fully saturated rings. The molecule has 0 amide bonds. The number of aliphatic hydroxyl groups excluding tert-OH is 1. The quantitative estimate of drug-likeness (QED) is 0.428. The minimum absolute atomic E-state index is 0. The second-order valence-corrected chi connectivity index (χ2v) is 5.81. The summed E-state index contributed by atoms with van der Waals surface area (Å²) in [6, 6.07) is 10.3. The first-order valence-electron chi connectivity index (χ1n) is 7.73. The van der Waals surface area contributed by atoms with Gasteiger partial charge in [0.25, 0.3) is 0 Å². The van der Waals surface area contributed by atoms with E-state index < -0.39 is 0 Å². The fraction of sp³-hybridized carbons (Fsp3) is 0.625.